The number of nitrogens with zero attached hydrogens (tertiary/aromatic N) is 2. The van der Waals surface area contributed by atoms with Gasteiger partial charge in [-0.3, -0.25) is 4.57 Å². The van der Waals surface area contributed by atoms with Gasteiger partial charge in [-0.15, -0.1) is 0 Å². The van der Waals surface area contributed by atoms with Crippen LogP contribution in [0.15, 0.2) is 40.9 Å². The van der Waals surface area contributed by atoms with Crippen LogP contribution in [0.3, 0.4) is 0 Å². The van der Waals surface area contributed by atoms with Crippen LogP contribution in [-0.2, 0) is 0 Å². The predicted octanol–water partition coefficient (Wildman–Crippen LogP) is 5.61. The average Bonchev–Trinajstić information content (AvgIpc) is 2.81. The van der Waals surface area contributed by atoms with Crippen molar-refractivity contribution in [3.63, 3.8) is 0 Å². The monoisotopic (exact) mass is 446 g/mol. The lowest BCUT2D eigenvalue weighted by Crippen LogP contribution is -2.10. The van der Waals surface area contributed by atoms with Crippen LogP contribution < -0.4 is 0 Å². The van der Waals surface area contributed by atoms with Crippen LogP contribution in [0.2, 0.25) is 10.3 Å². The van der Waals surface area contributed by atoms with E-state index in [1.54, 1.807) is 6.92 Å². The van der Waals surface area contributed by atoms with E-state index in [-0.39, 0.29) is 10.3 Å². The number of halogens is 5. The number of aliphatic hydroxyl groups excluding tert-OH is 1. The summed E-state index contributed by atoms with van der Waals surface area (Å²) in [5.41, 5.74) is 1.63. The molecule has 1 N–H and O–H groups in total. The molecule has 1 aromatic heterocycles. The first-order chi connectivity index (χ1) is 11.8. The number of rotatable bonds is 3. The number of hydrogen-bond donors (Lipinski definition) is 1. The lowest BCUT2D eigenvalue weighted by atomic mass is 10.0. The molecule has 0 aliphatic heterocycles. The maximum atomic E-state index is 13.4. The molecule has 130 valence electrons. The van der Waals surface area contributed by atoms with E-state index in [0.717, 1.165) is 6.07 Å². The summed E-state index contributed by atoms with van der Waals surface area (Å²) in [5.74, 6) is -0.933. The van der Waals surface area contributed by atoms with Gasteiger partial charge in [0.2, 0.25) is 5.28 Å². The molecule has 3 nitrogen and oxygen atoms in total. The van der Waals surface area contributed by atoms with Crippen molar-refractivity contribution in [2.24, 2.45) is 0 Å². The average molecular weight is 448 g/mol. The van der Waals surface area contributed by atoms with Crippen molar-refractivity contribution >= 4 is 39.1 Å². The van der Waals surface area contributed by atoms with Crippen LogP contribution in [0.1, 0.15) is 23.1 Å². The number of benzene rings is 2. The molecule has 3 rings (SSSR count). The first kappa shape index (κ1) is 18.3. The molecule has 8 heteroatoms. The molecule has 0 bridgehead atoms. The van der Waals surface area contributed by atoms with Crippen LogP contribution in [0.5, 0.6) is 0 Å². The van der Waals surface area contributed by atoms with Gasteiger partial charge in [0.1, 0.15) is 17.7 Å². The zero-order chi connectivity index (χ0) is 18.3. The maximum absolute atomic E-state index is 13.4. The Morgan fingerprint density at radius 2 is 1.76 bits per heavy atom. The molecule has 3 aromatic rings. The topological polar surface area (TPSA) is 38.0 Å². The number of imidazole rings is 1. The molecular formula is C17H11BrCl2F2N2O. The highest BCUT2D eigenvalue weighted by Gasteiger charge is 2.25. The Morgan fingerprint density at radius 3 is 2.40 bits per heavy atom. The number of aromatic nitrogens is 2. The summed E-state index contributed by atoms with van der Waals surface area (Å²) in [7, 11) is 0. The first-order valence-electron chi connectivity index (χ1n) is 7.12. The molecule has 0 spiro atoms. The van der Waals surface area contributed by atoms with E-state index in [1.165, 1.54) is 34.9 Å². The fraction of sp³-hybridized carbons (Fsp3) is 0.118. The van der Waals surface area contributed by atoms with Crippen LogP contribution in [-0.4, -0.2) is 14.7 Å². The fourth-order valence-corrected chi connectivity index (χ4v) is 3.70. The van der Waals surface area contributed by atoms with Gasteiger partial charge >= 0.3 is 0 Å². The highest BCUT2D eigenvalue weighted by Crippen LogP contribution is 2.35. The number of aryl methyl sites for hydroxylation is 1. The molecular weight excluding hydrogens is 437 g/mol. The van der Waals surface area contributed by atoms with Gasteiger partial charge in [-0.05, 0) is 64.8 Å². The highest BCUT2D eigenvalue weighted by molar-refractivity contribution is 9.10. The first-order valence-corrected chi connectivity index (χ1v) is 8.67. The maximum Gasteiger partial charge on any atom is 0.207 e. The molecule has 0 aliphatic rings. The Hall–Kier alpha value is -1.47. The zero-order valence-corrected chi connectivity index (χ0v) is 15.9. The summed E-state index contributed by atoms with van der Waals surface area (Å²) in [6.45, 7) is 1.68. The van der Waals surface area contributed by atoms with E-state index in [1.807, 2.05) is 0 Å². The summed E-state index contributed by atoms with van der Waals surface area (Å²) >= 11 is 15.6. The highest BCUT2D eigenvalue weighted by atomic mass is 79.9. The van der Waals surface area contributed by atoms with Gasteiger partial charge in [0.25, 0.3) is 0 Å². The van der Waals surface area contributed by atoms with Crippen molar-refractivity contribution in [1.29, 1.82) is 0 Å². The Labute approximate surface area is 161 Å². The normalized spacial score (nSPS) is 12.4. The van der Waals surface area contributed by atoms with Gasteiger partial charge in [-0.1, -0.05) is 17.7 Å². The summed E-state index contributed by atoms with van der Waals surface area (Å²) in [6.07, 6.45) is -1.20. The minimum Gasteiger partial charge on any atom is -0.382 e. The molecule has 0 amide bonds. The SMILES string of the molecule is Cc1nc(Cl)n(-c2ccc(F)cc2Br)c1C(O)c1ccc(F)cc1Cl. The van der Waals surface area contributed by atoms with E-state index in [2.05, 4.69) is 20.9 Å². The minimum atomic E-state index is -1.20. The van der Waals surface area contributed by atoms with Crippen molar-refractivity contribution in [3.8, 4) is 5.69 Å². The number of hydrogen-bond acceptors (Lipinski definition) is 2. The second-order valence-corrected chi connectivity index (χ2v) is 6.95. The van der Waals surface area contributed by atoms with E-state index in [0.29, 0.717) is 27.1 Å². The molecule has 0 radical (unpaired) electrons. The molecule has 0 fully saturated rings. The van der Waals surface area contributed by atoms with Crippen LogP contribution in [0, 0.1) is 18.6 Å². The summed E-state index contributed by atoms with van der Waals surface area (Å²) < 4.78 is 28.6. The Kier molecular flexibility index (Phi) is 5.16. The van der Waals surface area contributed by atoms with Crippen molar-refractivity contribution < 1.29 is 13.9 Å². The standard InChI is InChI=1S/C17H11BrCl2F2N2O/c1-8-15(16(25)11-4-2-10(22)7-13(11)19)24(17(20)23-8)14-5-3-9(21)6-12(14)18/h2-7,16,25H,1H3. The minimum absolute atomic E-state index is 0.0777. The lowest BCUT2D eigenvalue weighted by molar-refractivity contribution is 0.212. The van der Waals surface area contributed by atoms with Crippen molar-refractivity contribution in [1.82, 2.24) is 9.55 Å². The Balaban J connectivity index is 2.20. The third-order valence-electron chi connectivity index (χ3n) is 3.72. The molecule has 1 heterocycles. The van der Waals surface area contributed by atoms with Crippen LogP contribution in [0.4, 0.5) is 8.78 Å². The molecule has 1 unspecified atom stereocenters. The van der Waals surface area contributed by atoms with Gasteiger partial charge in [-0.25, -0.2) is 13.8 Å². The lowest BCUT2D eigenvalue weighted by Gasteiger charge is -2.18. The smallest absolute Gasteiger partial charge is 0.207 e. The summed E-state index contributed by atoms with van der Waals surface area (Å²) in [4.78, 5) is 4.18. The predicted molar refractivity (Wildman–Crippen MR) is 96.4 cm³/mol. The fourth-order valence-electron chi connectivity index (χ4n) is 2.59. The van der Waals surface area contributed by atoms with Crippen molar-refractivity contribution in [2.45, 2.75) is 13.0 Å². The van der Waals surface area contributed by atoms with Crippen LogP contribution >= 0.6 is 39.1 Å². The Morgan fingerprint density at radius 1 is 1.12 bits per heavy atom. The largest absolute Gasteiger partial charge is 0.382 e. The van der Waals surface area contributed by atoms with E-state index in [4.69, 9.17) is 23.2 Å². The molecule has 2 aromatic carbocycles. The molecule has 0 aliphatic carbocycles. The second kappa shape index (κ2) is 7.03. The van der Waals surface area contributed by atoms with Gasteiger partial charge < -0.3 is 5.11 Å². The van der Waals surface area contributed by atoms with Gasteiger partial charge in [0.15, 0.2) is 0 Å². The zero-order valence-electron chi connectivity index (χ0n) is 12.8. The van der Waals surface area contributed by atoms with E-state index in [9.17, 15) is 13.9 Å². The second-order valence-electron chi connectivity index (χ2n) is 5.35. The van der Waals surface area contributed by atoms with Crippen LogP contribution in [0.25, 0.3) is 5.69 Å². The summed E-state index contributed by atoms with van der Waals surface area (Å²) in [5, 5.41) is 11.0. The third-order valence-corrected chi connectivity index (χ3v) is 4.94. The molecule has 0 saturated heterocycles. The molecule has 25 heavy (non-hydrogen) atoms. The Bertz CT molecular complexity index is 962. The van der Waals surface area contributed by atoms with Gasteiger partial charge in [-0.2, -0.15) is 0 Å². The van der Waals surface area contributed by atoms with Crippen molar-refractivity contribution in [3.05, 3.63) is 79.8 Å². The number of aliphatic hydroxyl groups is 1. The summed E-state index contributed by atoms with van der Waals surface area (Å²) in [6, 6.07) is 7.78. The third kappa shape index (κ3) is 3.44. The molecule has 1 atom stereocenters. The van der Waals surface area contributed by atoms with E-state index >= 15 is 0 Å². The van der Waals surface area contributed by atoms with Gasteiger partial charge in [0.05, 0.1) is 17.1 Å². The van der Waals surface area contributed by atoms with Gasteiger partial charge in [0, 0.05) is 15.1 Å². The van der Waals surface area contributed by atoms with Crippen molar-refractivity contribution in [2.75, 3.05) is 0 Å². The quantitative estimate of drug-likeness (QED) is 0.566. The molecule has 0 saturated carbocycles. The van der Waals surface area contributed by atoms with E-state index < -0.39 is 17.7 Å².